The Morgan fingerprint density at radius 3 is 0.870 bits per heavy atom. The number of fused-ring (bicyclic) bond motifs is 3. The van der Waals surface area contributed by atoms with E-state index in [-0.39, 0.29) is 0 Å². The van der Waals surface area contributed by atoms with Crippen LogP contribution in [0.5, 0.6) is 0 Å². The lowest BCUT2D eigenvalue weighted by Crippen LogP contribution is -2.13. The van der Waals surface area contributed by atoms with Crippen LogP contribution in [0.15, 0.2) is 273 Å². The molecule has 328 valence electrons. The summed E-state index contributed by atoms with van der Waals surface area (Å²) in [6.07, 6.45) is 9.03. The summed E-state index contributed by atoms with van der Waals surface area (Å²) < 4.78 is 2.54. The molecule has 1 aliphatic rings. The molecule has 3 nitrogen and oxygen atoms in total. The normalized spacial score (nSPS) is 12.3. The van der Waals surface area contributed by atoms with Gasteiger partial charge in [-0.2, -0.15) is 0 Å². The van der Waals surface area contributed by atoms with E-state index in [0.717, 1.165) is 58.0 Å². The average Bonchev–Trinajstić information content (AvgIpc) is 3.79. The van der Waals surface area contributed by atoms with Crippen molar-refractivity contribution in [3.63, 3.8) is 0 Å². The second-order valence-electron chi connectivity index (χ2n) is 17.6. The largest absolute Gasteiger partial charge is 0.308 e. The van der Waals surface area contributed by atoms with Gasteiger partial charge in [0.25, 0.3) is 0 Å². The van der Waals surface area contributed by atoms with E-state index in [9.17, 15) is 0 Å². The lowest BCUT2D eigenvalue weighted by molar-refractivity contribution is 1.02. The van der Waals surface area contributed by atoms with Gasteiger partial charge in [0.2, 0.25) is 0 Å². The zero-order valence-corrected chi connectivity index (χ0v) is 38.2. The third-order valence-electron chi connectivity index (χ3n) is 13.4. The predicted molar refractivity (Wildman–Crippen MR) is 293 cm³/mol. The van der Waals surface area contributed by atoms with Gasteiger partial charge in [0.05, 0.1) is 22.4 Å². The Morgan fingerprint density at radius 2 is 0.580 bits per heavy atom. The van der Waals surface area contributed by atoms with Crippen LogP contribution in [0.1, 0.15) is 12.8 Å². The van der Waals surface area contributed by atoms with Crippen molar-refractivity contribution in [2.24, 2.45) is 0 Å². The Kier molecular flexibility index (Phi) is 11.1. The highest BCUT2D eigenvalue weighted by atomic mass is 15.2. The number of aromatic nitrogens is 1. The molecule has 0 N–H and O–H groups in total. The van der Waals surface area contributed by atoms with Crippen LogP contribution >= 0.6 is 0 Å². The average molecular weight is 884 g/mol. The first-order chi connectivity index (χ1) is 34.2. The fraction of sp³-hybridized carbons (Fsp3) is 0.0303. The molecule has 0 unspecified atom stereocenters. The molecule has 10 aromatic carbocycles. The number of para-hydroxylation sites is 2. The van der Waals surface area contributed by atoms with Crippen LogP contribution in [0.2, 0.25) is 0 Å². The number of rotatable bonds is 11. The molecule has 12 rings (SSSR count). The van der Waals surface area contributed by atoms with Gasteiger partial charge in [-0.25, -0.2) is 0 Å². The molecular weight excluding hydrogens is 835 g/mol. The second-order valence-corrected chi connectivity index (χ2v) is 17.6. The lowest BCUT2D eigenvalue weighted by Gasteiger charge is -2.29. The Hall–Kier alpha value is -8.92. The van der Waals surface area contributed by atoms with Crippen molar-refractivity contribution < 1.29 is 0 Å². The van der Waals surface area contributed by atoms with Gasteiger partial charge < -0.3 is 14.4 Å². The minimum atomic E-state index is 0.967. The van der Waals surface area contributed by atoms with E-state index in [1.807, 2.05) is 0 Å². The Morgan fingerprint density at radius 1 is 0.275 bits per heavy atom. The van der Waals surface area contributed by atoms with E-state index in [1.165, 1.54) is 61.0 Å². The number of nitrogens with zero attached hydrogens (tertiary/aromatic N) is 3. The summed E-state index contributed by atoms with van der Waals surface area (Å²) in [6.45, 7) is 0. The number of hydrogen-bond donors (Lipinski definition) is 0. The smallest absolute Gasteiger partial charge is 0.0783 e. The quantitative estimate of drug-likeness (QED) is 0.128. The van der Waals surface area contributed by atoms with Crippen LogP contribution in [0.3, 0.4) is 0 Å². The van der Waals surface area contributed by atoms with E-state index >= 15 is 0 Å². The molecule has 1 aliphatic carbocycles. The lowest BCUT2D eigenvalue weighted by atomic mass is 10.0. The predicted octanol–water partition coefficient (Wildman–Crippen LogP) is 18.6. The molecule has 0 aliphatic heterocycles. The minimum absolute atomic E-state index is 0.967. The second kappa shape index (κ2) is 18.4. The third-order valence-corrected chi connectivity index (χ3v) is 13.4. The molecule has 0 spiro atoms. The standard InChI is InChI=1S/C66H49N3/c1-6-18-48(19-7-1)52-32-40-57(41-33-52)67(58-42-34-53(35-43-58)49-20-8-2-9-21-49)63-30-16-28-61-62-29-17-31-64(66(62)69(65(61)63)56-26-14-5-15-27-56)68(59-44-36-54(37-45-59)50-22-10-3-11-23-50)60-46-38-55(39-47-60)51-24-12-4-13-25-51/h1-4,6-14,16-47H,5,15H2. The summed E-state index contributed by atoms with van der Waals surface area (Å²) in [6, 6.07) is 92.3. The number of hydrogen-bond acceptors (Lipinski definition) is 2. The Balaban J connectivity index is 1.09. The molecule has 0 radical (unpaired) electrons. The maximum atomic E-state index is 2.54. The minimum Gasteiger partial charge on any atom is -0.308 e. The van der Waals surface area contributed by atoms with Gasteiger partial charge in [-0.15, -0.1) is 0 Å². The van der Waals surface area contributed by atoms with Gasteiger partial charge >= 0.3 is 0 Å². The Labute approximate surface area is 404 Å². The van der Waals surface area contributed by atoms with Crippen LogP contribution in [-0.4, -0.2) is 4.57 Å². The van der Waals surface area contributed by atoms with Crippen LogP contribution in [0, 0.1) is 0 Å². The van der Waals surface area contributed by atoms with Gasteiger partial charge in [0, 0.05) is 39.2 Å². The maximum absolute atomic E-state index is 2.54. The van der Waals surface area contributed by atoms with Crippen LogP contribution in [0.4, 0.5) is 34.1 Å². The summed E-state index contributed by atoms with van der Waals surface area (Å²) in [5, 5.41) is 2.38. The Bertz CT molecular complexity index is 3200. The summed E-state index contributed by atoms with van der Waals surface area (Å²) in [5.74, 6) is 0. The highest BCUT2D eigenvalue weighted by Gasteiger charge is 2.26. The molecule has 0 bridgehead atoms. The zero-order valence-electron chi connectivity index (χ0n) is 38.2. The van der Waals surface area contributed by atoms with Gasteiger partial charge in [-0.05, 0) is 124 Å². The molecule has 1 aromatic heterocycles. The fourth-order valence-electron chi connectivity index (χ4n) is 10.1. The van der Waals surface area contributed by atoms with Crippen molar-refractivity contribution in [1.82, 2.24) is 4.57 Å². The van der Waals surface area contributed by atoms with Gasteiger partial charge in [-0.1, -0.05) is 206 Å². The monoisotopic (exact) mass is 883 g/mol. The van der Waals surface area contributed by atoms with Crippen LogP contribution < -0.4 is 9.80 Å². The fourth-order valence-corrected chi connectivity index (χ4v) is 10.1. The van der Waals surface area contributed by atoms with E-state index in [2.05, 4.69) is 287 Å². The molecule has 0 saturated heterocycles. The maximum Gasteiger partial charge on any atom is 0.0783 e. The number of anilines is 6. The van der Waals surface area contributed by atoms with Crippen molar-refractivity contribution >= 4 is 61.6 Å². The molecule has 0 atom stereocenters. The highest BCUT2D eigenvalue weighted by Crippen LogP contribution is 2.48. The summed E-state index contributed by atoms with van der Waals surface area (Å²) in [4.78, 5) is 4.88. The SMILES string of the molecule is C1=CC(n2c3c(N(c4ccc(-c5ccccc5)cc4)c4ccc(-c5ccccc5)cc4)cccc3c3cccc(N(c4ccc(-c5ccccc5)cc4)c4ccc(-c5ccccc5)cc4)c32)=CCC1. The zero-order chi connectivity index (χ0) is 45.9. The summed E-state index contributed by atoms with van der Waals surface area (Å²) in [5.41, 5.74) is 19.5. The molecule has 0 amide bonds. The van der Waals surface area contributed by atoms with Crippen molar-refractivity contribution in [1.29, 1.82) is 0 Å². The molecule has 0 fully saturated rings. The van der Waals surface area contributed by atoms with Gasteiger partial charge in [0.15, 0.2) is 0 Å². The molecule has 11 aromatic rings. The molecule has 1 heterocycles. The highest BCUT2D eigenvalue weighted by molar-refractivity contribution is 6.19. The van der Waals surface area contributed by atoms with E-state index in [0.29, 0.717) is 0 Å². The van der Waals surface area contributed by atoms with Gasteiger partial charge in [-0.3, -0.25) is 0 Å². The van der Waals surface area contributed by atoms with Crippen LogP contribution in [-0.2, 0) is 0 Å². The van der Waals surface area contributed by atoms with E-state index in [4.69, 9.17) is 0 Å². The molecule has 0 saturated carbocycles. The molecule has 3 heteroatoms. The van der Waals surface area contributed by atoms with E-state index in [1.54, 1.807) is 0 Å². The third kappa shape index (κ3) is 8.00. The first-order valence-electron chi connectivity index (χ1n) is 23.9. The van der Waals surface area contributed by atoms with Gasteiger partial charge in [0.1, 0.15) is 0 Å². The molecule has 69 heavy (non-hydrogen) atoms. The summed E-state index contributed by atoms with van der Waals surface area (Å²) in [7, 11) is 0. The number of allylic oxidation sites excluding steroid dienone is 4. The number of benzene rings is 10. The van der Waals surface area contributed by atoms with E-state index < -0.39 is 0 Å². The van der Waals surface area contributed by atoms with Crippen molar-refractivity contribution in [2.45, 2.75) is 12.8 Å². The first-order valence-corrected chi connectivity index (χ1v) is 23.9. The van der Waals surface area contributed by atoms with Crippen molar-refractivity contribution in [2.75, 3.05) is 9.80 Å². The van der Waals surface area contributed by atoms with Crippen molar-refractivity contribution in [3.8, 4) is 44.5 Å². The topological polar surface area (TPSA) is 11.4 Å². The summed E-state index contributed by atoms with van der Waals surface area (Å²) >= 11 is 0. The van der Waals surface area contributed by atoms with Crippen molar-refractivity contribution in [3.05, 3.63) is 273 Å². The van der Waals surface area contributed by atoms with Crippen LogP contribution in [0.25, 0.3) is 72.0 Å². The first kappa shape index (κ1) is 41.5. The molecular formula is C66H49N3.